The highest BCUT2D eigenvalue weighted by Crippen LogP contribution is 2.23. The molecule has 3 N–H and O–H groups in total. The quantitative estimate of drug-likeness (QED) is 0.388. The molecule has 0 radical (unpaired) electrons. The molecule has 1 fully saturated rings. The van der Waals surface area contributed by atoms with Gasteiger partial charge in [0.05, 0.1) is 25.2 Å². The second kappa shape index (κ2) is 9.71. The fourth-order valence-corrected chi connectivity index (χ4v) is 2.41. The lowest BCUT2D eigenvalue weighted by Gasteiger charge is -2.20. The molecule has 1 amide bonds. The van der Waals surface area contributed by atoms with Crippen molar-refractivity contribution in [3.63, 3.8) is 0 Å². The van der Waals surface area contributed by atoms with Crippen molar-refractivity contribution >= 4 is 17.7 Å². The highest BCUT2D eigenvalue weighted by Gasteiger charge is 2.51. The number of epoxide rings is 1. The van der Waals surface area contributed by atoms with Crippen molar-refractivity contribution in [2.75, 3.05) is 26.9 Å². The number of hydrogen-bond acceptors (Lipinski definition) is 7. The molecule has 0 saturated carbocycles. The zero-order chi connectivity index (χ0) is 18.3. The van der Waals surface area contributed by atoms with E-state index in [9.17, 15) is 14.4 Å². The molecule has 8 heteroatoms. The lowest BCUT2D eigenvalue weighted by molar-refractivity contribution is -0.144. The van der Waals surface area contributed by atoms with Gasteiger partial charge in [-0.05, 0) is 19.3 Å². The van der Waals surface area contributed by atoms with Crippen molar-refractivity contribution in [3.8, 4) is 0 Å². The van der Waals surface area contributed by atoms with Crippen LogP contribution in [-0.4, -0.2) is 62.8 Å². The van der Waals surface area contributed by atoms with E-state index in [-0.39, 0.29) is 25.5 Å². The summed E-state index contributed by atoms with van der Waals surface area (Å²) in [5.74, 6) is -1.38. The molecular weight excluding hydrogens is 316 g/mol. The van der Waals surface area contributed by atoms with E-state index in [1.807, 2.05) is 13.8 Å². The predicted molar refractivity (Wildman–Crippen MR) is 86.1 cm³/mol. The average Bonchev–Trinajstić information content (AvgIpc) is 3.30. The van der Waals surface area contributed by atoms with Crippen LogP contribution < -0.4 is 11.1 Å². The van der Waals surface area contributed by atoms with Crippen LogP contribution in [0.2, 0.25) is 0 Å². The van der Waals surface area contributed by atoms with Crippen molar-refractivity contribution in [3.05, 3.63) is 0 Å². The summed E-state index contributed by atoms with van der Waals surface area (Å²) in [7, 11) is 1.48. The van der Waals surface area contributed by atoms with Gasteiger partial charge in [-0.15, -0.1) is 0 Å². The highest BCUT2D eigenvalue weighted by atomic mass is 16.6. The van der Waals surface area contributed by atoms with Gasteiger partial charge in [0, 0.05) is 13.7 Å². The van der Waals surface area contributed by atoms with Gasteiger partial charge in [-0.2, -0.15) is 0 Å². The molecule has 0 spiro atoms. The Bertz CT molecular complexity index is 454. The van der Waals surface area contributed by atoms with Gasteiger partial charge in [0.1, 0.15) is 0 Å². The fraction of sp³-hybridized carbons (Fsp3) is 0.812. The second-order valence-corrected chi connectivity index (χ2v) is 6.27. The van der Waals surface area contributed by atoms with Crippen LogP contribution in [0.3, 0.4) is 0 Å². The summed E-state index contributed by atoms with van der Waals surface area (Å²) in [6.45, 7) is 6.13. The van der Waals surface area contributed by atoms with Gasteiger partial charge in [-0.3, -0.25) is 9.59 Å². The molecule has 0 aromatic rings. The molecule has 0 aliphatic carbocycles. The molecule has 138 valence electrons. The van der Waals surface area contributed by atoms with Crippen LogP contribution in [-0.2, 0) is 28.6 Å². The molecule has 0 aromatic heterocycles. The van der Waals surface area contributed by atoms with Gasteiger partial charge < -0.3 is 25.3 Å². The first-order valence-corrected chi connectivity index (χ1v) is 8.19. The Hall–Kier alpha value is -1.51. The number of carbonyl (C=O) groups excluding carboxylic acids is 3. The first kappa shape index (κ1) is 20.5. The maximum atomic E-state index is 12.4. The predicted octanol–water partition coefficient (Wildman–Crippen LogP) is -0.362. The zero-order valence-electron chi connectivity index (χ0n) is 14.7. The topological polar surface area (TPSA) is 120 Å². The van der Waals surface area contributed by atoms with E-state index in [1.54, 1.807) is 6.92 Å². The minimum Gasteiger partial charge on any atom is -0.464 e. The Morgan fingerprint density at radius 3 is 2.46 bits per heavy atom. The molecule has 1 aliphatic rings. The van der Waals surface area contributed by atoms with Crippen LogP contribution in [0.15, 0.2) is 0 Å². The second-order valence-electron chi connectivity index (χ2n) is 6.27. The number of amides is 1. The summed E-state index contributed by atoms with van der Waals surface area (Å²) in [5, 5.41) is 2.62. The maximum Gasteiger partial charge on any atom is 0.338 e. The smallest absolute Gasteiger partial charge is 0.338 e. The van der Waals surface area contributed by atoms with Gasteiger partial charge in [0.25, 0.3) is 5.91 Å². The Morgan fingerprint density at radius 2 is 1.92 bits per heavy atom. The van der Waals surface area contributed by atoms with Crippen molar-refractivity contribution in [1.82, 2.24) is 5.32 Å². The number of ether oxygens (including phenoxy) is 3. The first-order chi connectivity index (χ1) is 11.3. The molecule has 24 heavy (non-hydrogen) atoms. The third kappa shape index (κ3) is 6.18. The first-order valence-electron chi connectivity index (χ1n) is 8.19. The number of nitrogens with one attached hydrogen (secondary N) is 1. The van der Waals surface area contributed by atoms with Crippen LogP contribution in [0.5, 0.6) is 0 Å². The standard InChI is InChI=1S/C16H28N2O6/c1-5-23-16(21)14-13(24-14)15(20)18-7-10(8-22-4)12(19)11(17)6-9(2)3/h9-11,13-14H,5-8,17H2,1-4H3,(H,18,20)/t10-,11-,13-,14-/m0/s1. The Labute approximate surface area is 142 Å². The highest BCUT2D eigenvalue weighted by molar-refractivity contribution is 5.93. The lowest BCUT2D eigenvalue weighted by Crippen LogP contribution is -2.44. The van der Waals surface area contributed by atoms with E-state index in [4.69, 9.17) is 19.9 Å². The van der Waals surface area contributed by atoms with Crippen molar-refractivity contribution in [2.45, 2.75) is 45.4 Å². The molecule has 0 unspecified atom stereocenters. The van der Waals surface area contributed by atoms with Gasteiger partial charge in [0.15, 0.2) is 18.0 Å². The van der Waals surface area contributed by atoms with Gasteiger partial charge in [-0.25, -0.2) is 4.79 Å². The van der Waals surface area contributed by atoms with Gasteiger partial charge >= 0.3 is 5.97 Å². The molecule has 1 heterocycles. The SMILES string of the molecule is CCOC(=O)[C@H]1O[C@@H]1C(=O)NC[C@@H](COC)C(=O)[C@@H](N)CC(C)C. The number of nitrogens with two attached hydrogens (primary N) is 1. The lowest BCUT2D eigenvalue weighted by atomic mass is 9.93. The third-order valence-corrected chi connectivity index (χ3v) is 3.65. The van der Waals surface area contributed by atoms with E-state index >= 15 is 0 Å². The van der Waals surface area contributed by atoms with Crippen molar-refractivity contribution in [2.24, 2.45) is 17.6 Å². The van der Waals surface area contributed by atoms with Gasteiger partial charge in [-0.1, -0.05) is 13.8 Å². The van der Waals surface area contributed by atoms with E-state index in [0.29, 0.717) is 12.3 Å². The molecule has 4 atom stereocenters. The maximum absolute atomic E-state index is 12.4. The van der Waals surface area contributed by atoms with Crippen LogP contribution >= 0.6 is 0 Å². The van der Waals surface area contributed by atoms with E-state index in [1.165, 1.54) is 7.11 Å². The summed E-state index contributed by atoms with van der Waals surface area (Å²) >= 11 is 0. The number of ketones is 1. The zero-order valence-corrected chi connectivity index (χ0v) is 14.7. The fourth-order valence-electron chi connectivity index (χ4n) is 2.41. The molecule has 1 rings (SSSR count). The minimum absolute atomic E-state index is 0.0900. The number of carbonyl (C=O) groups is 3. The number of methoxy groups -OCH3 is 1. The van der Waals surface area contributed by atoms with Crippen LogP contribution in [0.25, 0.3) is 0 Å². The Kier molecular flexibility index (Phi) is 8.30. The van der Waals surface area contributed by atoms with Crippen molar-refractivity contribution < 1.29 is 28.6 Å². The summed E-state index contributed by atoms with van der Waals surface area (Å²) in [5.41, 5.74) is 5.92. The summed E-state index contributed by atoms with van der Waals surface area (Å²) in [6, 6.07) is -0.591. The van der Waals surface area contributed by atoms with Crippen molar-refractivity contribution in [1.29, 1.82) is 0 Å². The van der Waals surface area contributed by atoms with E-state index in [2.05, 4.69) is 5.32 Å². The number of Topliss-reactive ketones (excluding diaryl/α,β-unsaturated/α-hetero) is 1. The number of esters is 1. The largest absolute Gasteiger partial charge is 0.464 e. The number of rotatable bonds is 11. The van der Waals surface area contributed by atoms with E-state index in [0.717, 1.165) is 0 Å². The normalized spacial score (nSPS) is 21.9. The Morgan fingerprint density at radius 1 is 1.25 bits per heavy atom. The number of hydrogen-bond donors (Lipinski definition) is 2. The molecule has 8 nitrogen and oxygen atoms in total. The summed E-state index contributed by atoms with van der Waals surface area (Å²) in [4.78, 5) is 35.8. The minimum atomic E-state index is -0.857. The third-order valence-electron chi connectivity index (χ3n) is 3.65. The molecule has 0 bridgehead atoms. The van der Waals surface area contributed by atoms with E-state index < -0.39 is 36.0 Å². The monoisotopic (exact) mass is 344 g/mol. The summed E-state index contributed by atoms with van der Waals surface area (Å²) < 4.78 is 14.8. The van der Waals surface area contributed by atoms with Crippen LogP contribution in [0.1, 0.15) is 27.2 Å². The van der Waals surface area contributed by atoms with Gasteiger partial charge in [0.2, 0.25) is 0 Å². The Balaban J connectivity index is 2.47. The summed E-state index contributed by atoms with van der Waals surface area (Å²) in [6.07, 6.45) is -1.14. The molecule has 0 aromatic carbocycles. The van der Waals surface area contributed by atoms with Crippen LogP contribution in [0.4, 0.5) is 0 Å². The molecule has 1 saturated heterocycles. The molecule has 1 aliphatic heterocycles. The molecular formula is C16H28N2O6. The van der Waals surface area contributed by atoms with Crippen LogP contribution in [0, 0.1) is 11.8 Å². The average molecular weight is 344 g/mol.